The number of fused-ring (bicyclic) bond motifs is 1. The average molecular weight is 295 g/mol. The summed E-state index contributed by atoms with van der Waals surface area (Å²) in [5.74, 6) is 2.70. The van der Waals surface area contributed by atoms with E-state index in [4.69, 9.17) is 14.2 Å². The molecule has 3 heterocycles. The highest BCUT2D eigenvalue weighted by molar-refractivity contribution is 5.68. The number of benzene rings is 2. The average Bonchev–Trinajstić information content (AvgIpc) is 3.03. The SMILES string of the molecule is c1cc2c3c(c1)OCC(c1ccc4c(c1)OCO4)N3CCC2. The number of ether oxygens (including phenoxy) is 3. The van der Waals surface area contributed by atoms with Gasteiger partial charge in [0.1, 0.15) is 12.4 Å². The summed E-state index contributed by atoms with van der Waals surface area (Å²) < 4.78 is 17.0. The number of hydrogen-bond acceptors (Lipinski definition) is 4. The summed E-state index contributed by atoms with van der Waals surface area (Å²) in [5, 5.41) is 0. The molecule has 3 aliphatic heterocycles. The zero-order valence-corrected chi connectivity index (χ0v) is 12.2. The van der Waals surface area contributed by atoms with Gasteiger partial charge in [-0.2, -0.15) is 0 Å². The highest BCUT2D eigenvalue weighted by Gasteiger charge is 2.33. The standard InChI is InChI=1S/C18H17NO3/c1-3-12-4-2-8-19-14(10-20-16(5-1)18(12)19)13-6-7-15-17(9-13)22-11-21-15/h1,3,5-7,9,14H,2,4,8,10-11H2. The van der Waals surface area contributed by atoms with Crippen molar-refractivity contribution in [2.45, 2.75) is 18.9 Å². The second-order valence-electron chi connectivity index (χ2n) is 6.00. The van der Waals surface area contributed by atoms with Gasteiger partial charge in [0, 0.05) is 6.54 Å². The highest BCUT2D eigenvalue weighted by atomic mass is 16.7. The molecule has 4 nitrogen and oxygen atoms in total. The Labute approximate surface area is 129 Å². The zero-order valence-electron chi connectivity index (χ0n) is 12.2. The van der Waals surface area contributed by atoms with Crippen LogP contribution in [0.2, 0.25) is 0 Å². The predicted molar refractivity (Wildman–Crippen MR) is 82.9 cm³/mol. The lowest BCUT2D eigenvalue weighted by molar-refractivity contribution is 0.174. The molecule has 3 aliphatic rings. The van der Waals surface area contributed by atoms with Gasteiger partial charge in [-0.15, -0.1) is 0 Å². The number of anilines is 1. The van der Waals surface area contributed by atoms with Crippen molar-refractivity contribution in [2.75, 3.05) is 24.8 Å². The van der Waals surface area contributed by atoms with E-state index in [2.05, 4.69) is 35.2 Å². The first-order valence-corrected chi connectivity index (χ1v) is 7.81. The van der Waals surface area contributed by atoms with Crippen LogP contribution in [0.1, 0.15) is 23.6 Å². The minimum absolute atomic E-state index is 0.239. The van der Waals surface area contributed by atoms with Crippen molar-refractivity contribution < 1.29 is 14.2 Å². The molecule has 22 heavy (non-hydrogen) atoms. The third-order valence-corrected chi connectivity index (χ3v) is 4.77. The number of aryl methyl sites for hydroxylation is 1. The van der Waals surface area contributed by atoms with Gasteiger partial charge in [0.25, 0.3) is 0 Å². The summed E-state index contributed by atoms with van der Waals surface area (Å²) >= 11 is 0. The van der Waals surface area contributed by atoms with E-state index in [0.29, 0.717) is 13.4 Å². The molecule has 0 radical (unpaired) electrons. The molecule has 0 spiro atoms. The molecule has 0 amide bonds. The minimum Gasteiger partial charge on any atom is -0.489 e. The summed E-state index contributed by atoms with van der Waals surface area (Å²) in [6.45, 7) is 2.07. The van der Waals surface area contributed by atoms with Crippen molar-refractivity contribution in [3.63, 3.8) is 0 Å². The van der Waals surface area contributed by atoms with Crippen LogP contribution in [0.4, 0.5) is 5.69 Å². The zero-order chi connectivity index (χ0) is 14.5. The third-order valence-electron chi connectivity index (χ3n) is 4.77. The van der Waals surface area contributed by atoms with Crippen molar-refractivity contribution in [3.05, 3.63) is 47.5 Å². The molecule has 112 valence electrons. The first kappa shape index (κ1) is 12.2. The Hall–Kier alpha value is -2.36. The third kappa shape index (κ3) is 1.70. The molecule has 5 rings (SSSR count). The maximum atomic E-state index is 6.04. The van der Waals surface area contributed by atoms with Crippen LogP contribution < -0.4 is 19.1 Å². The van der Waals surface area contributed by atoms with Crippen LogP contribution in [0.5, 0.6) is 17.2 Å². The lowest BCUT2D eigenvalue weighted by atomic mass is 9.95. The van der Waals surface area contributed by atoms with E-state index >= 15 is 0 Å². The maximum Gasteiger partial charge on any atom is 0.231 e. The molecule has 0 saturated carbocycles. The first-order valence-electron chi connectivity index (χ1n) is 7.81. The molecule has 2 aromatic carbocycles. The largest absolute Gasteiger partial charge is 0.489 e. The molecule has 0 aromatic heterocycles. The van der Waals surface area contributed by atoms with Gasteiger partial charge in [0.05, 0.1) is 11.7 Å². The molecular formula is C18H17NO3. The monoisotopic (exact) mass is 295 g/mol. The van der Waals surface area contributed by atoms with Gasteiger partial charge < -0.3 is 19.1 Å². The molecule has 0 bridgehead atoms. The van der Waals surface area contributed by atoms with E-state index in [1.165, 1.54) is 23.2 Å². The summed E-state index contributed by atoms with van der Waals surface area (Å²) in [6, 6.07) is 12.9. The Morgan fingerprint density at radius 1 is 0.955 bits per heavy atom. The number of nitrogens with zero attached hydrogens (tertiary/aromatic N) is 1. The van der Waals surface area contributed by atoms with E-state index in [1.807, 2.05) is 6.07 Å². The highest BCUT2D eigenvalue weighted by Crippen LogP contribution is 2.45. The predicted octanol–water partition coefficient (Wildman–Crippen LogP) is 3.30. The molecule has 0 fully saturated rings. The lowest BCUT2D eigenvalue weighted by Gasteiger charge is -2.42. The fraction of sp³-hybridized carbons (Fsp3) is 0.333. The number of para-hydroxylation sites is 1. The van der Waals surface area contributed by atoms with Gasteiger partial charge >= 0.3 is 0 Å². The normalized spacial score (nSPS) is 21.3. The molecule has 1 unspecified atom stereocenters. The minimum atomic E-state index is 0.239. The van der Waals surface area contributed by atoms with Crippen LogP contribution in [-0.4, -0.2) is 19.9 Å². The van der Waals surface area contributed by atoms with Crippen LogP contribution in [-0.2, 0) is 6.42 Å². The number of rotatable bonds is 1. The van der Waals surface area contributed by atoms with Gasteiger partial charge in [-0.25, -0.2) is 0 Å². The number of hydrogen-bond donors (Lipinski definition) is 0. The van der Waals surface area contributed by atoms with Gasteiger partial charge in [-0.1, -0.05) is 18.2 Å². The van der Waals surface area contributed by atoms with Gasteiger partial charge in [-0.05, 0) is 42.2 Å². The van der Waals surface area contributed by atoms with Crippen LogP contribution in [0.15, 0.2) is 36.4 Å². The van der Waals surface area contributed by atoms with Crippen LogP contribution in [0.25, 0.3) is 0 Å². The Balaban J connectivity index is 1.58. The van der Waals surface area contributed by atoms with Crippen LogP contribution >= 0.6 is 0 Å². The van der Waals surface area contributed by atoms with Gasteiger partial charge in [0.15, 0.2) is 11.5 Å². The summed E-state index contributed by atoms with van der Waals surface area (Å²) in [7, 11) is 0. The van der Waals surface area contributed by atoms with E-state index in [9.17, 15) is 0 Å². The van der Waals surface area contributed by atoms with Crippen molar-refractivity contribution in [1.29, 1.82) is 0 Å². The molecule has 0 N–H and O–H groups in total. The molecule has 1 atom stereocenters. The van der Waals surface area contributed by atoms with E-state index in [-0.39, 0.29) is 6.04 Å². The van der Waals surface area contributed by atoms with E-state index < -0.39 is 0 Å². The first-order chi connectivity index (χ1) is 10.9. The second-order valence-corrected chi connectivity index (χ2v) is 6.00. The molecule has 0 aliphatic carbocycles. The fourth-order valence-corrected chi connectivity index (χ4v) is 3.73. The van der Waals surface area contributed by atoms with Crippen LogP contribution in [0.3, 0.4) is 0 Å². The second kappa shape index (κ2) is 4.57. The van der Waals surface area contributed by atoms with Crippen molar-refractivity contribution in [3.8, 4) is 17.2 Å². The maximum absolute atomic E-state index is 6.04. The summed E-state index contributed by atoms with van der Waals surface area (Å²) in [5.41, 5.74) is 3.91. The van der Waals surface area contributed by atoms with Crippen LogP contribution in [0, 0.1) is 0 Å². The Morgan fingerprint density at radius 2 is 1.91 bits per heavy atom. The Morgan fingerprint density at radius 3 is 2.91 bits per heavy atom. The van der Waals surface area contributed by atoms with Gasteiger partial charge in [0.2, 0.25) is 6.79 Å². The topological polar surface area (TPSA) is 30.9 Å². The molecule has 4 heteroatoms. The van der Waals surface area contributed by atoms with Crippen molar-refractivity contribution >= 4 is 5.69 Å². The molecule has 0 saturated heterocycles. The van der Waals surface area contributed by atoms with Crippen molar-refractivity contribution in [1.82, 2.24) is 0 Å². The molecular weight excluding hydrogens is 278 g/mol. The summed E-state index contributed by atoms with van der Waals surface area (Å²) in [4.78, 5) is 2.50. The van der Waals surface area contributed by atoms with E-state index in [1.54, 1.807) is 0 Å². The summed E-state index contributed by atoms with van der Waals surface area (Å²) in [6.07, 6.45) is 2.33. The molecule has 2 aromatic rings. The quantitative estimate of drug-likeness (QED) is 0.807. The van der Waals surface area contributed by atoms with Crippen molar-refractivity contribution in [2.24, 2.45) is 0 Å². The van der Waals surface area contributed by atoms with E-state index in [0.717, 1.165) is 30.2 Å². The Kier molecular flexibility index (Phi) is 2.53. The fourth-order valence-electron chi connectivity index (χ4n) is 3.73. The Bertz CT molecular complexity index is 729. The lowest BCUT2D eigenvalue weighted by Crippen LogP contribution is -2.40. The van der Waals surface area contributed by atoms with Gasteiger partial charge in [-0.3, -0.25) is 0 Å². The smallest absolute Gasteiger partial charge is 0.231 e.